The molecule has 0 saturated heterocycles. The molecule has 5 nitrogen and oxygen atoms in total. The van der Waals surface area contributed by atoms with E-state index < -0.39 is 11.7 Å². The van der Waals surface area contributed by atoms with E-state index in [1.807, 2.05) is 13.8 Å². The van der Waals surface area contributed by atoms with Crippen molar-refractivity contribution < 1.29 is 24.9 Å². The summed E-state index contributed by atoms with van der Waals surface area (Å²) in [5, 5.41) is 32.9. The van der Waals surface area contributed by atoms with Crippen molar-refractivity contribution in [3.8, 4) is 0 Å². The Labute approximate surface area is 225 Å². The molecule has 37 heavy (non-hydrogen) atoms. The van der Waals surface area contributed by atoms with E-state index >= 15 is 0 Å². The number of allylic oxidation sites excluding steroid dienone is 1. The lowest BCUT2D eigenvalue weighted by atomic mass is 9.35. The van der Waals surface area contributed by atoms with Crippen LogP contribution in [0.1, 0.15) is 113 Å². The molecule has 4 aliphatic rings. The molecule has 0 spiro atoms. The molecular weight excluding hydrogens is 464 g/mol. The summed E-state index contributed by atoms with van der Waals surface area (Å²) in [5.41, 5.74) is 0.0240. The first-order valence-corrected chi connectivity index (χ1v) is 14.9. The molecule has 0 heterocycles. The van der Waals surface area contributed by atoms with E-state index in [-0.39, 0.29) is 52.2 Å². The first-order chi connectivity index (χ1) is 17.0. The van der Waals surface area contributed by atoms with Crippen LogP contribution in [-0.2, 0) is 9.53 Å². The zero-order chi connectivity index (χ0) is 27.6. The highest BCUT2D eigenvalue weighted by Crippen LogP contribution is 2.75. The molecule has 0 aromatic rings. The van der Waals surface area contributed by atoms with E-state index in [0.717, 1.165) is 63.4 Å². The van der Waals surface area contributed by atoms with Gasteiger partial charge >= 0.3 is 5.97 Å². The zero-order valence-corrected chi connectivity index (χ0v) is 24.8. The summed E-state index contributed by atoms with van der Waals surface area (Å²) < 4.78 is 5.81. The maximum Gasteiger partial charge on any atom is 0.302 e. The minimum atomic E-state index is -0.734. The van der Waals surface area contributed by atoms with E-state index in [0.29, 0.717) is 11.8 Å². The van der Waals surface area contributed by atoms with Gasteiger partial charge in [0.1, 0.15) is 6.10 Å². The van der Waals surface area contributed by atoms with Crippen LogP contribution < -0.4 is 0 Å². The number of aliphatic hydroxyl groups excluding tert-OH is 2. The van der Waals surface area contributed by atoms with Crippen LogP contribution in [0.15, 0.2) is 11.6 Å². The van der Waals surface area contributed by atoms with Crippen molar-refractivity contribution in [1.29, 1.82) is 0 Å². The largest absolute Gasteiger partial charge is 0.462 e. The highest BCUT2D eigenvalue weighted by atomic mass is 16.5. The van der Waals surface area contributed by atoms with Crippen molar-refractivity contribution in [1.82, 2.24) is 0 Å². The highest BCUT2D eigenvalue weighted by molar-refractivity contribution is 5.66. The summed E-state index contributed by atoms with van der Waals surface area (Å²) in [4.78, 5) is 11.9. The summed E-state index contributed by atoms with van der Waals surface area (Å²) in [7, 11) is 0. The molecule has 5 heteroatoms. The molecule has 10 unspecified atom stereocenters. The molecule has 4 saturated carbocycles. The second kappa shape index (κ2) is 9.63. The van der Waals surface area contributed by atoms with Crippen molar-refractivity contribution in [2.45, 2.75) is 131 Å². The van der Waals surface area contributed by atoms with Crippen molar-refractivity contribution in [3.63, 3.8) is 0 Å². The number of carbonyl (C=O) groups is 1. The lowest BCUT2D eigenvalue weighted by Crippen LogP contribution is -2.68. The summed E-state index contributed by atoms with van der Waals surface area (Å²) in [6, 6.07) is 0. The number of ether oxygens (including phenoxy) is 1. The number of rotatable bonds is 6. The van der Waals surface area contributed by atoms with Crippen LogP contribution in [-0.4, -0.2) is 45.7 Å². The number of hydrogen-bond donors (Lipinski definition) is 3. The fourth-order valence-electron chi connectivity index (χ4n) is 10.9. The van der Waals surface area contributed by atoms with Gasteiger partial charge in [0.25, 0.3) is 0 Å². The average molecular weight is 519 g/mol. The van der Waals surface area contributed by atoms with Gasteiger partial charge in [-0.3, -0.25) is 4.79 Å². The first kappa shape index (κ1) is 29.1. The first-order valence-electron chi connectivity index (χ1n) is 14.9. The van der Waals surface area contributed by atoms with E-state index in [2.05, 4.69) is 40.7 Å². The molecule has 0 bridgehead atoms. The molecule has 0 aromatic heterocycles. The summed E-state index contributed by atoms with van der Waals surface area (Å²) in [6.07, 6.45) is 10.0. The zero-order valence-electron chi connectivity index (χ0n) is 24.8. The van der Waals surface area contributed by atoms with Gasteiger partial charge in [-0.25, -0.2) is 0 Å². The van der Waals surface area contributed by atoms with E-state index in [1.54, 1.807) is 0 Å². The molecule has 0 amide bonds. The maximum absolute atomic E-state index is 11.9. The van der Waals surface area contributed by atoms with Crippen LogP contribution in [0.5, 0.6) is 0 Å². The normalized spacial score (nSPS) is 46.8. The van der Waals surface area contributed by atoms with Gasteiger partial charge in [0.05, 0.1) is 18.3 Å². The van der Waals surface area contributed by atoms with Crippen LogP contribution in [0.25, 0.3) is 0 Å². The number of carbonyl (C=O) groups excluding carboxylic acids is 1. The molecule has 0 radical (unpaired) electrons. The minimum absolute atomic E-state index is 0.00312. The third kappa shape index (κ3) is 4.43. The number of aliphatic hydroxyl groups is 3. The summed E-state index contributed by atoms with van der Waals surface area (Å²) in [6.45, 7) is 17.3. The Kier molecular flexibility index (Phi) is 7.57. The van der Waals surface area contributed by atoms with E-state index in [1.165, 1.54) is 6.92 Å². The Balaban J connectivity index is 1.62. The van der Waals surface area contributed by atoms with Crippen LogP contribution in [0.2, 0.25) is 0 Å². The van der Waals surface area contributed by atoms with Gasteiger partial charge in [0.15, 0.2) is 0 Å². The Bertz CT molecular complexity index is 907. The van der Waals surface area contributed by atoms with Crippen LogP contribution in [0.3, 0.4) is 0 Å². The molecule has 212 valence electrons. The molecule has 4 fully saturated rings. The van der Waals surface area contributed by atoms with Gasteiger partial charge in [-0.1, -0.05) is 46.3 Å². The van der Waals surface area contributed by atoms with Crippen LogP contribution in [0, 0.1) is 45.3 Å². The molecule has 0 aliphatic heterocycles. The van der Waals surface area contributed by atoms with Crippen molar-refractivity contribution in [2.24, 2.45) is 45.3 Å². The Hall–Kier alpha value is -0.910. The SMILES string of the molecule is CC(=O)OC1CCC2(C)C(C(O)CC3(C)C2CCC2C(C(C)(O)CCC=C(C)CO)CCC23C)C1(C)C. The summed E-state index contributed by atoms with van der Waals surface area (Å²) >= 11 is 0. The lowest BCUT2D eigenvalue weighted by Gasteiger charge is -2.71. The van der Waals surface area contributed by atoms with Crippen molar-refractivity contribution in [3.05, 3.63) is 11.6 Å². The van der Waals surface area contributed by atoms with Gasteiger partial charge in [-0.05, 0) is 112 Å². The molecule has 4 aliphatic carbocycles. The van der Waals surface area contributed by atoms with Gasteiger partial charge < -0.3 is 20.1 Å². The second-order valence-corrected chi connectivity index (χ2v) is 15.0. The molecule has 0 aromatic carbocycles. The predicted octanol–water partition coefficient (Wildman–Crippen LogP) is 6.04. The Morgan fingerprint density at radius 2 is 1.70 bits per heavy atom. The molecule has 3 N–H and O–H groups in total. The predicted molar refractivity (Wildman–Crippen MR) is 147 cm³/mol. The Morgan fingerprint density at radius 1 is 1.03 bits per heavy atom. The number of esters is 1. The monoisotopic (exact) mass is 518 g/mol. The van der Waals surface area contributed by atoms with E-state index in [4.69, 9.17) is 4.74 Å². The Morgan fingerprint density at radius 3 is 2.32 bits per heavy atom. The molecular formula is C32H54O5. The highest BCUT2D eigenvalue weighted by Gasteiger charge is 2.71. The summed E-state index contributed by atoms with van der Waals surface area (Å²) in [5.74, 6) is 1.08. The quantitative estimate of drug-likeness (QED) is 0.295. The van der Waals surface area contributed by atoms with Gasteiger partial charge in [-0.2, -0.15) is 0 Å². The third-order valence-corrected chi connectivity index (χ3v) is 12.7. The second-order valence-electron chi connectivity index (χ2n) is 15.0. The lowest BCUT2D eigenvalue weighted by molar-refractivity contribution is -0.261. The average Bonchev–Trinajstić information content (AvgIpc) is 3.14. The van der Waals surface area contributed by atoms with Gasteiger partial charge in [0, 0.05) is 12.3 Å². The fourth-order valence-corrected chi connectivity index (χ4v) is 10.9. The smallest absolute Gasteiger partial charge is 0.302 e. The van der Waals surface area contributed by atoms with Crippen LogP contribution in [0.4, 0.5) is 0 Å². The van der Waals surface area contributed by atoms with Crippen LogP contribution >= 0.6 is 0 Å². The maximum atomic E-state index is 11.9. The minimum Gasteiger partial charge on any atom is -0.462 e. The molecule has 4 rings (SSSR count). The third-order valence-electron chi connectivity index (χ3n) is 12.7. The van der Waals surface area contributed by atoms with Crippen molar-refractivity contribution >= 4 is 5.97 Å². The van der Waals surface area contributed by atoms with Gasteiger partial charge in [-0.15, -0.1) is 0 Å². The number of fused-ring (bicyclic) bond motifs is 5. The standard InChI is InChI=1S/C32H54O5/c1-20(19-33)10-9-15-32(8,36)23-13-17-30(6)22(23)11-12-25-29(5)16-14-26(37-21(2)34)28(3,4)27(29)24(35)18-31(25,30)7/h10,22-27,33,35-36H,9,11-19H2,1-8H3. The molecule has 10 atom stereocenters. The fraction of sp³-hybridized carbons (Fsp3) is 0.906. The topological polar surface area (TPSA) is 87.0 Å². The van der Waals surface area contributed by atoms with Crippen molar-refractivity contribution in [2.75, 3.05) is 6.61 Å². The number of hydrogen-bond acceptors (Lipinski definition) is 5. The van der Waals surface area contributed by atoms with E-state index in [9.17, 15) is 20.1 Å². The van der Waals surface area contributed by atoms with Gasteiger partial charge in [0.2, 0.25) is 0 Å².